The number of aldehydes is 1. The third-order valence-corrected chi connectivity index (χ3v) is 4.06. The van der Waals surface area contributed by atoms with E-state index in [2.05, 4.69) is 13.8 Å². The highest BCUT2D eigenvalue weighted by Crippen LogP contribution is 2.51. The zero-order valence-electron chi connectivity index (χ0n) is 8.75. The van der Waals surface area contributed by atoms with Crippen molar-refractivity contribution in [3.8, 4) is 0 Å². The Balaban J connectivity index is 1.82. The topological polar surface area (TPSA) is 17.1 Å². The van der Waals surface area contributed by atoms with Crippen molar-refractivity contribution in [3.05, 3.63) is 0 Å². The van der Waals surface area contributed by atoms with Crippen molar-refractivity contribution >= 4 is 6.29 Å². The van der Waals surface area contributed by atoms with Crippen LogP contribution in [-0.2, 0) is 4.79 Å². The second kappa shape index (κ2) is 3.11. The quantitative estimate of drug-likeness (QED) is 0.597. The molecule has 0 aromatic heterocycles. The molecule has 0 aromatic rings. The van der Waals surface area contributed by atoms with Crippen molar-refractivity contribution in [2.45, 2.75) is 46.0 Å². The summed E-state index contributed by atoms with van der Waals surface area (Å²) in [5, 5.41) is 0. The molecule has 2 fully saturated rings. The minimum absolute atomic E-state index is 0.436. The summed E-state index contributed by atoms with van der Waals surface area (Å²) in [6.45, 7) is 4.74. The lowest BCUT2D eigenvalue weighted by molar-refractivity contribution is -0.109. The molecule has 0 saturated heterocycles. The van der Waals surface area contributed by atoms with Crippen LogP contribution < -0.4 is 0 Å². The summed E-state index contributed by atoms with van der Waals surface area (Å²) < 4.78 is 0. The van der Waals surface area contributed by atoms with Crippen molar-refractivity contribution in [1.29, 1.82) is 0 Å². The Hall–Kier alpha value is -0.330. The van der Waals surface area contributed by atoms with Crippen LogP contribution in [0.5, 0.6) is 0 Å². The van der Waals surface area contributed by atoms with Gasteiger partial charge in [-0.2, -0.15) is 0 Å². The van der Waals surface area contributed by atoms with Crippen LogP contribution in [0.15, 0.2) is 0 Å². The van der Waals surface area contributed by atoms with Crippen LogP contribution in [0.1, 0.15) is 46.0 Å². The van der Waals surface area contributed by atoms with Crippen LogP contribution in [0.2, 0.25) is 0 Å². The molecule has 2 aliphatic carbocycles. The molecule has 0 amide bonds. The molecule has 0 bridgehead atoms. The maximum absolute atomic E-state index is 10.5. The van der Waals surface area contributed by atoms with Crippen molar-refractivity contribution in [2.75, 3.05) is 0 Å². The van der Waals surface area contributed by atoms with Crippen molar-refractivity contribution in [2.24, 2.45) is 23.2 Å². The zero-order valence-corrected chi connectivity index (χ0v) is 8.75. The first-order valence-corrected chi connectivity index (χ1v) is 5.58. The maximum Gasteiger partial charge on any atom is 0.123 e. The number of rotatable bonds is 2. The molecule has 0 N–H and O–H groups in total. The minimum Gasteiger partial charge on any atom is -0.303 e. The molecule has 0 radical (unpaired) electrons. The van der Waals surface area contributed by atoms with Gasteiger partial charge >= 0.3 is 0 Å². The first-order chi connectivity index (χ1) is 6.12. The highest BCUT2D eigenvalue weighted by atomic mass is 16.1. The van der Waals surface area contributed by atoms with Crippen LogP contribution in [0.25, 0.3) is 0 Å². The monoisotopic (exact) mass is 180 g/mol. The lowest BCUT2D eigenvalue weighted by Crippen LogP contribution is -2.22. The van der Waals surface area contributed by atoms with Crippen LogP contribution in [0.3, 0.4) is 0 Å². The van der Waals surface area contributed by atoms with E-state index in [9.17, 15) is 4.79 Å². The van der Waals surface area contributed by atoms with E-state index in [4.69, 9.17) is 0 Å². The Bertz CT molecular complexity index is 197. The summed E-state index contributed by atoms with van der Waals surface area (Å²) in [4.78, 5) is 10.5. The largest absolute Gasteiger partial charge is 0.303 e. The number of carbonyl (C=O) groups is 1. The number of hydrogen-bond donors (Lipinski definition) is 0. The van der Waals surface area contributed by atoms with Gasteiger partial charge in [0.05, 0.1) is 0 Å². The molecule has 13 heavy (non-hydrogen) atoms. The van der Waals surface area contributed by atoms with Gasteiger partial charge in [-0.15, -0.1) is 0 Å². The van der Waals surface area contributed by atoms with Gasteiger partial charge in [-0.1, -0.05) is 13.8 Å². The molecular weight excluding hydrogens is 160 g/mol. The number of carbonyl (C=O) groups excluding carboxylic acids is 1. The molecule has 1 nitrogen and oxygen atoms in total. The summed E-state index contributed by atoms with van der Waals surface area (Å²) in [5.41, 5.74) is 0.571. The molecule has 74 valence electrons. The van der Waals surface area contributed by atoms with Gasteiger partial charge in [-0.05, 0) is 49.4 Å². The highest BCUT2D eigenvalue weighted by molar-refractivity contribution is 5.58. The molecule has 0 aromatic carbocycles. The lowest BCUT2D eigenvalue weighted by atomic mass is 9.71. The fourth-order valence-corrected chi connectivity index (χ4v) is 2.78. The third kappa shape index (κ3) is 1.95. The molecule has 0 spiro atoms. The van der Waals surface area contributed by atoms with Gasteiger partial charge < -0.3 is 4.79 Å². The molecule has 0 aliphatic heterocycles. The molecule has 1 heteroatoms. The van der Waals surface area contributed by atoms with Gasteiger partial charge in [-0.25, -0.2) is 0 Å². The Morgan fingerprint density at radius 2 is 1.85 bits per heavy atom. The van der Waals surface area contributed by atoms with Crippen LogP contribution in [-0.4, -0.2) is 6.29 Å². The third-order valence-electron chi connectivity index (χ3n) is 4.06. The van der Waals surface area contributed by atoms with Crippen LogP contribution in [0, 0.1) is 23.2 Å². The molecule has 0 heterocycles. The summed E-state index contributed by atoms with van der Waals surface area (Å²) in [6, 6.07) is 0. The second-order valence-electron chi connectivity index (χ2n) is 5.70. The average molecular weight is 180 g/mol. The van der Waals surface area contributed by atoms with E-state index in [0.717, 1.165) is 11.8 Å². The predicted octanol–water partition coefficient (Wildman–Crippen LogP) is 3.04. The van der Waals surface area contributed by atoms with Gasteiger partial charge in [0.2, 0.25) is 0 Å². The maximum atomic E-state index is 10.5. The SMILES string of the molecule is CC1(C)CCC(C2CC2C=O)CC1. The first kappa shape index (κ1) is 9.23. The van der Waals surface area contributed by atoms with Gasteiger partial charge in [0.1, 0.15) is 6.29 Å². The fraction of sp³-hybridized carbons (Fsp3) is 0.917. The molecular formula is C12H20O. The Kier molecular flexibility index (Phi) is 2.21. The average Bonchev–Trinajstić information content (AvgIpc) is 2.83. The molecule has 2 rings (SSSR count). The van der Waals surface area contributed by atoms with Gasteiger partial charge in [0.25, 0.3) is 0 Å². The van der Waals surface area contributed by atoms with E-state index in [1.54, 1.807) is 0 Å². The summed E-state index contributed by atoms with van der Waals surface area (Å²) in [6.07, 6.45) is 7.81. The molecule has 2 saturated carbocycles. The summed E-state index contributed by atoms with van der Waals surface area (Å²) >= 11 is 0. The molecule has 2 atom stereocenters. The van der Waals surface area contributed by atoms with E-state index < -0.39 is 0 Å². The molecule has 2 unspecified atom stereocenters. The van der Waals surface area contributed by atoms with Gasteiger partial charge in [-0.3, -0.25) is 0 Å². The van der Waals surface area contributed by atoms with E-state index >= 15 is 0 Å². The van der Waals surface area contributed by atoms with Crippen molar-refractivity contribution in [1.82, 2.24) is 0 Å². The Morgan fingerprint density at radius 3 is 2.31 bits per heavy atom. The van der Waals surface area contributed by atoms with Crippen LogP contribution >= 0.6 is 0 Å². The first-order valence-electron chi connectivity index (χ1n) is 5.58. The van der Waals surface area contributed by atoms with Gasteiger partial charge in [0.15, 0.2) is 0 Å². The lowest BCUT2D eigenvalue weighted by Gasteiger charge is -2.34. The normalized spacial score (nSPS) is 38.6. The summed E-state index contributed by atoms with van der Waals surface area (Å²) in [7, 11) is 0. The smallest absolute Gasteiger partial charge is 0.123 e. The van der Waals surface area contributed by atoms with E-state index in [-0.39, 0.29) is 0 Å². The van der Waals surface area contributed by atoms with Gasteiger partial charge in [0, 0.05) is 5.92 Å². The zero-order chi connectivity index (χ0) is 9.47. The van der Waals surface area contributed by atoms with Crippen molar-refractivity contribution in [3.63, 3.8) is 0 Å². The van der Waals surface area contributed by atoms with E-state index in [1.807, 2.05) is 0 Å². The predicted molar refractivity (Wildman–Crippen MR) is 53.4 cm³/mol. The second-order valence-corrected chi connectivity index (χ2v) is 5.70. The minimum atomic E-state index is 0.436. The van der Waals surface area contributed by atoms with E-state index in [0.29, 0.717) is 11.3 Å². The Morgan fingerprint density at radius 1 is 1.23 bits per heavy atom. The van der Waals surface area contributed by atoms with Crippen molar-refractivity contribution < 1.29 is 4.79 Å². The Labute approximate surface area is 80.9 Å². The fourth-order valence-electron chi connectivity index (χ4n) is 2.78. The summed E-state index contributed by atoms with van der Waals surface area (Å²) in [5.74, 6) is 2.09. The van der Waals surface area contributed by atoms with E-state index in [1.165, 1.54) is 38.4 Å². The highest BCUT2D eigenvalue weighted by Gasteiger charge is 2.44. The number of hydrogen-bond acceptors (Lipinski definition) is 1. The molecule has 2 aliphatic rings. The standard InChI is InChI=1S/C12H20O/c1-12(2)5-3-9(4-6-12)11-7-10(11)8-13/h8-11H,3-7H2,1-2H3. The van der Waals surface area contributed by atoms with Crippen LogP contribution in [0.4, 0.5) is 0 Å².